The molecule has 21 heavy (non-hydrogen) atoms. The predicted octanol–water partition coefficient (Wildman–Crippen LogP) is -0.158. The average Bonchev–Trinajstić information content (AvgIpc) is 2.89. The maximum absolute atomic E-state index is 12.1. The molecule has 1 saturated heterocycles. The number of nitrogens with zero attached hydrogens (tertiary/aromatic N) is 4. The SMILES string of the molecule is CCCn1nccc1NC(=O)CN1CCN(CCO)CC1. The fraction of sp³-hybridized carbons (Fsp3) is 0.714. The summed E-state index contributed by atoms with van der Waals surface area (Å²) in [5, 5.41) is 16.0. The van der Waals surface area contributed by atoms with Crippen LogP contribution in [0.15, 0.2) is 12.3 Å². The molecular weight excluding hydrogens is 270 g/mol. The fourth-order valence-electron chi connectivity index (χ4n) is 2.53. The molecule has 118 valence electrons. The summed E-state index contributed by atoms with van der Waals surface area (Å²) in [6.07, 6.45) is 2.69. The lowest BCUT2D eigenvalue weighted by Gasteiger charge is -2.33. The lowest BCUT2D eigenvalue weighted by atomic mass is 10.3. The first-order valence-electron chi connectivity index (χ1n) is 7.60. The molecule has 7 heteroatoms. The second kappa shape index (κ2) is 8.11. The van der Waals surface area contributed by atoms with Gasteiger partial charge in [0.05, 0.1) is 19.3 Å². The Kier molecular flexibility index (Phi) is 6.16. The normalized spacial score (nSPS) is 17.0. The van der Waals surface area contributed by atoms with E-state index >= 15 is 0 Å². The van der Waals surface area contributed by atoms with Gasteiger partial charge in [-0.15, -0.1) is 0 Å². The number of aliphatic hydroxyl groups is 1. The van der Waals surface area contributed by atoms with Gasteiger partial charge in [0.25, 0.3) is 0 Å². The number of β-amino-alcohol motifs (C(OH)–C–C–N with tert-alkyl or cyclic N) is 1. The van der Waals surface area contributed by atoms with Gasteiger partial charge in [-0.2, -0.15) is 5.10 Å². The van der Waals surface area contributed by atoms with Gasteiger partial charge in [0.1, 0.15) is 5.82 Å². The standard InChI is InChI=1S/C14H25N5O2/c1-2-5-19-13(3-4-15-19)16-14(21)12-18-8-6-17(7-9-18)10-11-20/h3-4,20H,2,5-12H2,1H3,(H,16,21). The maximum Gasteiger partial charge on any atom is 0.239 e. The van der Waals surface area contributed by atoms with E-state index in [9.17, 15) is 4.79 Å². The number of anilines is 1. The van der Waals surface area contributed by atoms with Gasteiger partial charge in [-0.1, -0.05) is 6.92 Å². The number of amides is 1. The van der Waals surface area contributed by atoms with E-state index in [1.165, 1.54) is 0 Å². The minimum Gasteiger partial charge on any atom is -0.395 e. The van der Waals surface area contributed by atoms with Crippen LogP contribution in [0.25, 0.3) is 0 Å². The second-order valence-corrected chi connectivity index (χ2v) is 5.33. The van der Waals surface area contributed by atoms with Crippen molar-refractivity contribution < 1.29 is 9.90 Å². The molecule has 0 spiro atoms. The van der Waals surface area contributed by atoms with Gasteiger partial charge in [-0.25, -0.2) is 4.68 Å². The van der Waals surface area contributed by atoms with Crippen LogP contribution in [-0.4, -0.2) is 76.5 Å². The summed E-state index contributed by atoms with van der Waals surface area (Å²) in [5.74, 6) is 0.768. The van der Waals surface area contributed by atoms with Gasteiger partial charge >= 0.3 is 0 Å². The summed E-state index contributed by atoms with van der Waals surface area (Å²) >= 11 is 0. The molecule has 0 bridgehead atoms. The molecule has 1 aromatic rings. The van der Waals surface area contributed by atoms with Crippen molar-refractivity contribution in [1.82, 2.24) is 19.6 Å². The van der Waals surface area contributed by atoms with E-state index < -0.39 is 0 Å². The molecule has 1 aromatic heterocycles. The first-order valence-corrected chi connectivity index (χ1v) is 7.60. The Morgan fingerprint density at radius 1 is 1.29 bits per heavy atom. The summed E-state index contributed by atoms with van der Waals surface area (Å²) in [6, 6.07) is 1.83. The minimum absolute atomic E-state index is 0.00320. The van der Waals surface area contributed by atoms with Gasteiger partial charge in [0.2, 0.25) is 5.91 Å². The third kappa shape index (κ3) is 4.80. The summed E-state index contributed by atoms with van der Waals surface area (Å²) in [5.41, 5.74) is 0. The Labute approximate surface area is 125 Å². The van der Waals surface area contributed by atoms with Crippen LogP contribution in [0.4, 0.5) is 5.82 Å². The largest absolute Gasteiger partial charge is 0.395 e. The topological polar surface area (TPSA) is 73.6 Å². The molecular formula is C14H25N5O2. The van der Waals surface area contributed by atoms with Crippen molar-refractivity contribution >= 4 is 11.7 Å². The molecule has 0 aromatic carbocycles. The van der Waals surface area contributed by atoms with Crippen molar-refractivity contribution in [2.45, 2.75) is 19.9 Å². The van der Waals surface area contributed by atoms with Crippen LogP contribution in [0.5, 0.6) is 0 Å². The van der Waals surface area contributed by atoms with E-state index in [0.717, 1.165) is 51.5 Å². The van der Waals surface area contributed by atoms with Crippen LogP contribution < -0.4 is 5.32 Å². The first kappa shape index (κ1) is 15.9. The zero-order valence-electron chi connectivity index (χ0n) is 12.7. The predicted molar refractivity (Wildman–Crippen MR) is 81.1 cm³/mol. The molecule has 0 aliphatic carbocycles. The third-order valence-electron chi connectivity index (χ3n) is 3.67. The van der Waals surface area contributed by atoms with E-state index in [-0.39, 0.29) is 12.5 Å². The van der Waals surface area contributed by atoms with Gasteiger partial charge in [-0.3, -0.25) is 14.6 Å². The maximum atomic E-state index is 12.1. The Morgan fingerprint density at radius 3 is 2.67 bits per heavy atom. The number of aryl methyl sites for hydroxylation is 1. The number of aliphatic hydroxyl groups excluding tert-OH is 1. The van der Waals surface area contributed by atoms with Crippen LogP contribution in [0.1, 0.15) is 13.3 Å². The number of aromatic nitrogens is 2. The summed E-state index contributed by atoms with van der Waals surface area (Å²) in [6.45, 7) is 7.75. The number of hydrogen-bond acceptors (Lipinski definition) is 5. The molecule has 2 N–H and O–H groups in total. The highest BCUT2D eigenvalue weighted by molar-refractivity contribution is 5.91. The minimum atomic E-state index is 0.00320. The van der Waals surface area contributed by atoms with Crippen LogP contribution in [0, 0.1) is 0 Å². The van der Waals surface area contributed by atoms with Gasteiger partial charge in [0.15, 0.2) is 0 Å². The molecule has 2 heterocycles. The highest BCUT2D eigenvalue weighted by Crippen LogP contribution is 2.07. The Bertz CT molecular complexity index is 440. The first-order chi connectivity index (χ1) is 10.2. The van der Waals surface area contributed by atoms with E-state index in [1.807, 2.05) is 10.7 Å². The van der Waals surface area contributed by atoms with E-state index in [0.29, 0.717) is 6.54 Å². The lowest BCUT2D eigenvalue weighted by molar-refractivity contribution is -0.117. The Morgan fingerprint density at radius 2 is 2.00 bits per heavy atom. The Balaban J connectivity index is 1.76. The molecule has 2 rings (SSSR count). The van der Waals surface area contributed by atoms with Gasteiger partial charge < -0.3 is 10.4 Å². The molecule has 0 unspecified atom stereocenters. The lowest BCUT2D eigenvalue weighted by Crippen LogP contribution is -2.49. The molecule has 0 atom stereocenters. The van der Waals surface area contributed by atoms with E-state index in [1.54, 1.807) is 6.20 Å². The van der Waals surface area contributed by atoms with Crippen LogP contribution >= 0.6 is 0 Å². The van der Waals surface area contributed by atoms with Crippen molar-refractivity contribution in [2.75, 3.05) is 51.2 Å². The van der Waals surface area contributed by atoms with Crippen molar-refractivity contribution in [3.8, 4) is 0 Å². The van der Waals surface area contributed by atoms with Gasteiger partial charge in [0, 0.05) is 45.3 Å². The number of hydrogen-bond donors (Lipinski definition) is 2. The third-order valence-corrected chi connectivity index (χ3v) is 3.67. The van der Waals surface area contributed by atoms with Crippen LogP contribution in [0.2, 0.25) is 0 Å². The molecule has 1 aliphatic rings. The highest BCUT2D eigenvalue weighted by Gasteiger charge is 2.18. The monoisotopic (exact) mass is 295 g/mol. The quantitative estimate of drug-likeness (QED) is 0.731. The Hall–Kier alpha value is -1.44. The van der Waals surface area contributed by atoms with Crippen molar-refractivity contribution in [3.63, 3.8) is 0 Å². The molecule has 0 radical (unpaired) electrons. The number of nitrogens with one attached hydrogen (secondary N) is 1. The molecule has 1 amide bonds. The van der Waals surface area contributed by atoms with Crippen molar-refractivity contribution in [2.24, 2.45) is 0 Å². The summed E-state index contributed by atoms with van der Waals surface area (Å²) in [7, 11) is 0. The van der Waals surface area contributed by atoms with E-state index in [4.69, 9.17) is 5.11 Å². The fourth-order valence-corrected chi connectivity index (χ4v) is 2.53. The molecule has 1 fully saturated rings. The van der Waals surface area contributed by atoms with Crippen LogP contribution in [0.3, 0.4) is 0 Å². The van der Waals surface area contributed by atoms with E-state index in [2.05, 4.69) is 27.1 Å². The van der Waals surface area contributed by atoms with Gasteiger partial charge in [-0.05, 0) is 6.42 Å². The zero-order valence-corrected chi connectivity index (χ0v) is 12.7. The number of carbonyl (C=O) groups excluding carboxylic acids is 1. The average molecular weight is 295 g/mol. The molecule has 7 nitrogen and oxygen atoms in total. The second-order valence-electron chi connectivity index (χ2n) is 5.33. The molecule has 1 aliphatic heterocycles. The number of piperazine rings is 1. The number of rotatable bonds is 7. The number of carbonyl (C=O) groups is 1. The molecule has 0 saturated carbocycles. The van der Waals surface area contributed by atoms with Crippen LogP contribution in [-0.2, 0) is 11.3 Å². The van der Waals surface area contributed by atoms with Crippen molar-refractivity contribution in [3.05, 3.63) is 12.3 Å². The summed E-state index contributed by atoms with van der Waals surface area (Å²) in [4.78, 5) is 16.5. The zero-order chi connectivity index (χ0) is 15.1. The highest BCUT2D eigenvalue weighted by atomic mass is 16.3. The summed E-state index contributed by atoms with van der Waals surface area (Å²) < 4.78 is 1.82. The van der Waals surface area contributed by atoms with Crippen molar-refractivity contribution in [1.29, 1.82) is 0 Å². The smallest absolute Gasteiger partial charge is 0.239 e.